The van der Waals surface area contributed by atoms with Crippen molar-refractivity contribution in [2.24, 2.45) is 0 Å². The highest BCUT2D eigenvalue weighted by molar-refractivity contribution is 6.24. The van der Waals surface area contributed by atoms with Gasteiger partial charge in [0.25, 0.3) is 0 Å². The molecule has 0 unspecified atom stereocenters. The number of hydrogen-bond donors (Lipinski definition) is 0. The van der Waals surface area contributed by atoms with Crippen LogP contribution in [0.2, 0.25) is 0 Å². The highest BCUT2D eigenvalue weighted by Crippen LogP contribution is 2.47. The molecule has 49 heavy (non-hydrogen) atoms. The highest BCUT2D eigenvalue weighted by Gasteiger charge is 2.20. The van der Waals surface area contributed by atoms with E-state index in [-0.39, 0.29) is 0 Å². The van der Waals surface area contributed by atoms with Crippen molar-refractivity contribution in [3.63, 3.8) is 0 Å². The van der Waals surface area contributed by atoms with E-state index < -0.39 is 0 Å². The van der Waals surface area contributed by atoms with Crippen LogP contribution >= 0.6 is 0 Å². The lowest BCUT2D eigenvalue weighted by Crippen LogP contribution is -1.92. The monoisotopic (exact) mass is 622 g/mol. The summed E-state index contributed by atoms with van der Waals surface area (Å²) in [4.78, 5) is 0. The normalized spacial score (nSPS) is 11.7. The van der Waals surface area contributed by atoms with Gasteiger partial charge < -0.3 is 4.42 Å². The molecule has 228 valence electrons. The molecule has 0 N–H and O–H groups in total. The fourth-order valence-electron chi connectivity index (χ4n) is 7.96. The molecule has 0 aliphatic rings. The molecule has 0 radical (unpaired) electrons. The second kappa shape index (κ2) is 11.1. The first-order valence-corrected chi connectivity index (χ1v) is 16.9. The second-order valence-corrected chi connectivity index (χ2v) is 12.8. The third-order valence-electron chi connectivity index (χ3n) is 10.1. The van der Waals surface area contributed by atoms with Crippen LogP contribution in [-0.2, 0) is 0 Å². The predicted octanol–water partition coefficient (Wildman–Crippen LogP) is 13.7. The second-order valence-electron chi connectivity index (χ2n) is 12.8. The molecular weight excluding hydrogens is 593 g/mol. The van der Waals surface area contributed by atoms with Gasteiger partial charge >= 0.3 is 0 Å². The average Bonchev–Trinajstić information content (AvgIpc) is 3.55. The van der Waals surface area contributed by atoms with Gasteiger partial charge in [0.05, 0.1) is 0 Å². The van der Waals surface area contributed by atoms with Gasteiger partial charge in [-0.1, -0.05) is 164 Å². The van der Waals surface area contributed by atoms with Gasteiger partial charge in [-0.2, -0.15) is 0 Å². The minimum Gasteiger partial charge on any atom is -0.456 e. The van der Waals surface area contributed by atoms with Crippen molar-refractivity contribution in [3.05, 3.63) is 182 Å². The van der Waals surface area contributed by atoms with Crippen LogP contribution in [0.4, 0.5) is 0 Å². The zero-order valence-corrected chi connectivity index (χ0v) is 26.7. The van der Waals surface area contributed by atoms with Crippen LogP contribution in [0.5, 0.6) is 0 Å². The van der Waals surface area contributed by atoms with Crippen LogP contribution in [0.3, 0.4) is 0 Å². The van der Waals surface area contributed by atoms with Crippen molar-refractivity contribution in [1.29, 1.82) is 0 Å². The smallest absolute Gasteiger partial charge is 0.136 e. The van der Waals surface area contributed by atoms with Crippen molar-refractivity contribution in [2.75, 3.05) is 0 Å². The molecule has 1 aromatic heterocycles. The lowest BCUT2D eigenvalue weighted by molar-refractivity contribution is 0.669. The quantitative estimate of drug-likeness (QED) is 0.178. The van der Waals surface area contributed by atoms with Crippen LogP contribution in [-0.4, -0.2) is 0 Å². The molecule has 10 rings (SSSR count). The zero-order valence-electron chi connectivity index (χ0n) is 26.7. The Hall–Kier alpha value is -6.44. The summed E-state index contributed by atoms with van der Waals surface area (Å²) >= 11 is 0. The van der Waals surface area contributed by atoms with E-state index in [2.05, 4.69) is 182 Å². The summed E-state index contributed by atoms with van der Waals surface area (Å²) in [5.41, 5.74) is 11.6. The summed E-state index contributed by atoms with van der Waals surface area (Å²) < 4.78 is 6.53. The van der Waals surface area contributed by atoms with Crippen molar-refractivity contribution in [3.8, 4) is 44.5 Å². The van der Waals surface area contributed by atoms with E-state index in [0.717, 1.165) is 27.5 Å². The minimum atomic E-state index is 0.902. The largest absolute Gasteiger partial charge is 0.456 e. The Morgan fingerprint density at radius 2 is 0.776 bits per heavy atom. The van der Waals surface area contributed by atoms with E-state index in [4.69, 9.17) is 4.42 Å². The fraction of sp³-hybridized carbons (Fsp3) is 0. The number of furan rings is 1. The standard InChI is InChI=1S/C48H30O/c1-3-14-31(15-4-1)33-28-29-43-45(30-33)49-44-27-13-26-38(48(43)44)36-24-11-23-35-34(36)22-12-25-37(35)47-41-20-9-7-18-39(41)46(32-16-5-2-6-17-32)40-19-8-10-21-42(40)47/h1-30H. The lowest BCUT2D eigenvalue weighted by atomic mass is 9.84. The average molecular weight is 623 g/mol. The SMILES string of the molecule is c1ccc(-c2ccc3c(c2)oc2cccc(-c4cccc5c(-c6c7ccccc7c(-c7ccccc7)c7ccccc67)cccc45)c23)cc1. The predicted molar refractivity (Wildman–Crippen MR) is 208 cm³/mol. The Bertz CT molecular complexity index is 2800. The molecule has 0 saturated carbocycles. The van der Waals surface area contributed by atoms with Gasteiger partial charge in [-0.05, 0) is 95.0 Å². The van der Waals surface area contributed by atoms with Crippen molar-refractivity contribution < 1.29 is 4.42 Å². The van der Waals surface area contributed by atoms with Crippen LogP contribution in [0, 0.1) is 0 Å². The van der Waals surface area contributed by atoms with Crippen molar-refractivity contribution in [2.45, 2.75) is 0 Å². The van der Waals surface area contributed by atoms with Gasteiger partial charge in [-0.3, -0.25) is 0 Å². The molecule has 1 heterocycles. The molecule has 1 heteroatoms. The first-order valence-electron chi connectivity index (χ1n) is 16.9. The maximum atomic E-state index is 6.53. The van der Waals surface area contributed by atoms with E-state index in [9.17, 15) is 0 Å². The van der Waals surface area contributed by atoms with E-state index in [1.54, 1.807) is 0 Å². The third-order valence-corrected chi connectivity index (χ3v) is 10.1. The Kier molecular flexibility index (Phi) is 6.25. The minimum absolute atomic E-state index is 0.902. The van der Waals surface area contributed by atoms with Crippen LogP contribution in [0.15, 0.2) is 186 Å². The Balaban J connectivity index is 1.23. The summed E-state index contributed by atoms with van der Waals surface area (Å²) in [5.74, 6) is 0. The summed E-state index contributed by atoms with van der Waals surface area (Å²) in [5, 5.41) is 9.79. The third kappa shape index (κ3) is 4.33. The molecular formula is C48H30O. The number of benzene rings is 9. The van der Waals surface area contributed by atoms with Gasteiger partial charge in [-0.25, -0.2) is 0 Å². The van der Waals surface area contributed by atoms with Gasteiger partial charge in [-0.15, -0.1) is 0 Å². The lowest BCUT2D eigenvalue weighted by Gasteiger charge is -2.19. The molecule has 0 bridgehead atoms. The van der Waals surface area contributed by atoms with E-state index in [1.165, 1.54) is 71.3 Å². The Labute approximate surface area is 284 Å². The maximum absolute atomic E-state index is 6.53. The topological polar surface area (TPSA) is 13.1 Å². The molecule has 1 nitrogen and oxygen atoms in total. The molecule has 10 aromatic rings. The molecule has 0 spiro atoms. The molecule has 0 fully saturated rings. The summed E-state index contributed by atoms with van der Waals surface area (Å²) in [6.45, 7) is 0. The summed E-state index contributed by atoms with van der Waals surface area (Å²) in [6.07, 6.45) is 0. The number of rotatable bonds is 4. The first-order chi connectivity index (χ1) is 24.3. The van der Waals surface area contributed by atoms with E-state index in [1.807, 2.05) is 0 Å². The van der Waals surface area contributed by atoms with Gasteiger partial charge in [0.2, 0.25) is 0 Å². The van der Waals surface area contributed by atoms with Gasteiger partial charge in [0.15, 0.2) is 0 Å². The fourth-order valence-corrected chi connectivity index (χ4v) is 7.96. The Morgan fingerprint density at radius 1 is 0.265 bits per heavy atom. The number of hydrogen-bond acceptors (Lipinski definition) is 1. The van der Waals surface area contributed by atoms with Gasteiger partial charge in [0.1, 0.15) is 11.2 Å². The Morgan fingerprint density at radius 3 is 1.45 bits per heavy atom. The maximum Gasteiger partial charge on any atom is 0.136 e. The van der Waals surface area contributed by atoms with E-state index >= 15 is 0 Å². The highest BCUT2D eigenvalue weighted by atomic mass is 16.3. The molecule has 0 aliphatic carbocycles. The summed E-state index contributed by atoms with van der Waals surface area (Å²) in [7, 11) is 0. The van der Waals surface area contributed by atoms with Crippen LogP contribution in [0.25, 0.3) is 98.8 Å². The molecule has 0 atom stereocenters. The molecule has 9 aromatic carbocycles. The van der Waals surface area contributed by atoms with Gasteiger partial charge in [0, 0.05) is 10.8 Å². The molecule has 0 saturated heterocycles. The van der Waals surface area contributed by atoms with Crippen molar-refractivity contribution in [1.82, 2.24) is 0 Å². The molecule has 0 aliphatic heterocycles. The van der Waals surface area contributed by atoms with Crippen molar-refractivity contribution >= 4 is 54.3 Å². The van der Waals surface area contributed by atoms with Crippen LogP contribution < -0.4 is 0 Å². The first kappa shape index (κ1) is 27.7. The zero-order chi connectivity index (χ0) is 32.3. The van der Waals surface area contributed by atoms with E-state index in [0.29, 0.717) is 0 Å². The van der Waals surface area contributed by atoms with Crippen LogP contribution in [0.1, 0.15) is 0 Å². The molecule has 0 amide bonds. The number of fused-ring (bicyclic) bond motifs is 6. The summed E-state index contributed by atoms with van der Waals surface area (Å²) in [6, 6.07) is 65.6.